The van der Waals surface area contributed by atoms with Crippen LogP contribution < -0.4 is 5.32 Å². The molecule has 0 aliphatic carbocycles. The summed E-state index contributed by atoms with van der Waals surface area (Å²) in [6, 6.07) is 5.70. The summed E-state index contributed by atoms with van der Waals surface area (Å²) in [6.07, 6.45) is 0. The molecule has 2 aromatic rings. The van der Waals surface area contributed by atoms with E-state index in [1.54, 1.807) is 12.3 Å². The fourth-order valence-corrected chi connectivity index (χ4v) is 2.44. The molecule has 0 saturated heterocycles. The molecule has 1 heterocycles. The second kappa shape index (κ2) is 6.04. The zero-order chi connectivity index (χ0) is 13.8. The maximum Gasteiger partial charge on any atom is 0.357 e. The van der Waals surface area contributed by atoms with Gasteiger partial charge in [0, 0.05) is 5.38 Å². The first kappa shape index (κ1) is 13.8. The van der Waals surface area contributed by atoms with Crippen molar-refractivity contribution in [2.75, 3.05) is 11.9 Å². The van der Waals surface area contributed by atoms with Crippen molar-refractivity contribution in [1.29, 1.82) is 0 Å². The Morgan fingerprint density at radius 1 is 1.53 bits per heavy atom. The minimum Gasteiger partial charge on any atom is -0.461 e. The van der Waals surface area contributed by atoms with Gasteiger partial charge in [-0.15, -0.1) is 11.3 Å². The quantitative estimate of drug-likeness (QED) is 0.866. The topological polar surface area (TPSA) is 51.2 Å². The van der Waals surface area contributed by atoms with E-state index in [4.69, 9.17) is 16.3 Å². The van der Waals surface area contributed by atoms with E-state index in [1.165, 1.54) is 11.3 Å². The van der Waals surface area contributed by atoms with Crippen LogP contribution in [-0.2, 0) is 4.74 Å². The monoisotopic (exact) mass is 296 g/mol. The van der Waals surface area contributed by atoms with E-state index in [-0.39, 0.29) is 0 Å². The Labute approximate surface area is 120 Å². The summed E-state index contributed by atoms with van der Waals surface area (Å²) in [5.41, 5.74) is 2.15. The molecule has 0 radical (unpaired) electrons. The standard InChI is InChI=1S/C13H13ClN2O2S/c1-3-18-12(17)11-7-19-13(16-11)15-10-5-4-8(2)6-9(10)14/h4-7H,3H2,1-2H3,(H,15,16). The molecule has 1 aromatic carbocycles. The number of carbonyl (C=O) groups is 1. The lowest BCUT2D eigenvalue weighted by molar-refractivity contribution is 0.0520. The number of rotatable bonds is 4. The highest BCUT2D eigenvalue weighted by Gasteiger charge is 2.12. The zero-order valence-corrected chi connectivity index (χ0v) is 12.1. The van der Waals surface area contributed by atoms with E-state index in [9.17, 15) is 4.79 Å². The molecule has 0 atom stereocenters. The molecule has 19 heavy (non-hydrogen) atoms. The molecule has 0 aliphatic rings. The van der Waals surface area contributed by atoms with Gasteiger partial charge in [0.15, 0.2) is 10.8 Å². The number of carbonyl (C=O) groups excluding carboxylic acids is 1. The second-order valence-corrected chi connectivity index (χ2v) is 5.13. The first-order chi connectivity index (χ1) is 9.10. The zero-order valence-electron chi connectivity index (χ0n) is 10.6. The third-order valence-corrected chi connectivity index (χ3v) is 3.43. The fraction of sp³-hybridized carbons (Fsp3) is 0.231. The Balaban J connectivity index is 2.13. The number of halogens is 1. The lowest BCUT2D eigenvalue weighted by Crippen LogP contribution is -2.05. The number of hydrogen-bond donors (Lipinski definition) is 1. The first-order valence-corrected chi connectivity index (χ1v) is 7.01. The lowest BCUT2D eigenvalue weighted by atomic mass is 10.2. The summed E-state index contributed by atoms with van der Waals surface area (Å²) in [7, 11) is 0. The summed E-state index contributed by atoms with van der Waals surface area (Å²) in [5.74, 6) is -0.415. The van der Waals surface area contributed by atoms with E-state index in [2.05, 4.69) is 10.3 Å². The molecule has 0 unspecified atom stereocenters. The molecule has 0 spiro atoms. The molecule has 0 bridgehead atoms. The number of aromatic nitrogens is 1. The van der Waals surface area contributed by atoms with Crippen LogP contribution in [0.1, 0.15) is 23.0 Å². The maximum absolute atomic E-state index is 11.5. The van der Waals surface area contributed by atoms with Gasteiger partial charge in [0.2, 0.25) is 0 Å². The van der Waals surface area contributed by atoms with Gasteiger partial charge in [0.25, 0.3) is 0 Å². The van der Waals surface area contributed by atoms with Gasteiger partial charge < -0.3 is 10.1 Å². The Hall–Kier alpha value is -1.59. The van der Waals surface area contributed by atoms with E-state index in [0.29, 0.717) is 22.5 Å². The van der Waals surface area contributed by atoms with Crippen molar-refractivity contribution in [3.8, 4) is 0 Å². The third kappa shape index (κ3) is 3.45. The van der Waals surface area contributed by atoms with E-state index >= 15 is 0 Å². The molecular formula is C13H13ClN2O2S. The number of ether oxygens (including phenoxy) is 1. The van der Waals surface area contributed by atoms with E-state index in [1.807, 2.05) is 25.1 Å². The van der Waals surface area contributed by atoms with E-state index in [0.717, 1.165) is 11.3 Å². The highest BCUT2D eigenvalue weighted by atomic mass is 35.5. The molecule has 0 aliphatic heterocycles. The Bertz CT molecular complexity index is 598. The van der Waals surface area contributed by atoms with Crippen molar-refractivity contribution < 1.29 is 9.53 Å². The van der Waals surface area contributed by atoms with Crippen molar-refractivity contribution >= 4 is 39.7 Å². The summed E-state index contributed by atoms with van der Waals surface area (Å²) in [6.45, 7) is 4.07. The van der Waals surface area contributed by atoms with Gasteiger partial charge in [-0.2, -0.15) is 0 Å². The molecule has 0 amide bonds. The van der Waals surface area contributed by atoms with Gasteiger partial charge in [-0.1, -0.05) is 17.7 Å². The van der Waals surface area contributed by atoms with Gasteiger partial charge >= 0.3 is 5.97 Å². The Morgan fingerprint density at radius 3 is 3.00 bits per heavy atom. The van der Waals surface area contributed by atoms with Crippen molar-refractivity contribution in [2.24, 2.45) is 0 Å². The van der Waals surface area contributed by atoms with Crippen LogP contribution in [0.3, 0.4) is 0 Å². The van der Waals surface area contributed by atoms with Crippen molar-refractivity contribution in [2.45, 2.75) is 13.8 Å². The van der Waals surface area contributed by atoms with Crippen LogP contribution in [0.4, 0.5) is 10.8 Å². The third-order valence-electron chi connectivity index (χ3n) is 2.35. The van der Waals surface area contributed by atoms with Crippen molar-refractivity contribution in [3.05, 3.63) is 39.9 Å². The summed E-state index contributed by atoms with van der Waals surface area (Å²) >= 11 is 7.45. The second-order valence-electron chi connectivity index (χ2n) is 3.87. The minimum absolute atomic E-state index is 0.303. The predicted molar refractivity (Wildman–Crippen MR) is 77.5 cm³/mol. The maximum atomic E-state index is 11.5. The molecule has 6 heteroatoms. The van der Waals surface area contributed by atoms with Crippen molar-refractivity contribution in [1.82, 2.24) is 4.98 Å². The van der Waals surface area contributed by atoms with Crippen LogP contribution in [0.15, 0.2) is 23.6 Å². The molecule has 1 aromatic heterocycles. The molecule has 4 nitrogen and oxygen atoms in total. The van der Waals surface area contributed by atoms with Crippen LogP contribution in [0.25, 0.3) is 0 Å². The van der Waals surface area contributed by atoms with Crippen LogP contribution in [0.5, 0.6) is 0 Å². The number of esters is 1. The molecule has 0 saturated carbocycles. The minimum atomic E-state index is -0.415. The number of nitrogens with one attached hydrogen (secondary N) is 1. The summed E-state index contributed by atoms with van der Waals surface area (Å²) in [4.78, 5) is 15.7. The average Bonchev–Trinajstić information content (AvgIpc) is 2.82. The number of aryl methyl sites for hydroxylation is 1. The number of benzene rings is 1. The molecule has 1 N–H and O–H groups in total. The van der Waals surface area contributed by atoms with Crippen LogP contribution >= 0.6 is 22.9 Å². The fourth-order valence-electron chi connectivity index (χ4n) is 1.47. The number of anilines is 2. The van der Waals surface area contributed by atoms with Crippen LogP contribution in [0.2, 0.25) is 5.02 Å². The van der Waals surface area contributed by atoms with Crippen LogP contribution in [-0.4, -0.2) is 17.6 Å². The summed E-state index contributed by atoms with van der Waals surface area (Å²) in [5, 5.41) is 5.96. The number of nitrogens with zero attached hydrogens (tertiary/aromatic N) is 1. The molecule has 2 rings (SSSR count). The molecule has 0 fully saturated rings. The normalized spacial score (nSPS) is 10.3. The predicted octanol–water partition coefficient (Wildman–Crippen LogP) is 4.03. The smallest absolute Gasteiger partial charge is 0.357 e. The first-order valence-electron chi connectivity index (χ1n) is 5.76. The number of hydrogen-bond acceptors (Lipinski definition) is 5. The Morgan fingerprint density at radius 2 is 2.32 bits per heavy atom. The average molecular weight is 297 g/mol. The van der Waals surface area contributed by atoms with Gasteiger partial charge in [-0.3, -0.25) is 0 Å². The largest absolute Gasteiger partial charge is 0.461 e. The molecule has 100 valence electrons. The Kier molecular flexibility index (Phi) is 4.39. The molecular weight excluding hydrogens is 284 g/mol. The summed E-state index contributed by atoms with van der Waals surface area (Å²) < 4.78 is 4.88. The van der Waals surface area contributed by atoms with Crippen LogP contribution in [0, 0.1) is 6.92 Å². The van der Waals surface area contributed by atoms with Crippen molar-refractivity contribution in [3.63, 3.8) is 0 Å². The number of thiazole rings is 1. The highest BCUT2D eigenvalue weighted by molar-refractivity contribution is 7.14. The SMILES string of the molecule is CCOC(=O)c1csc(Nc2ccc(C)cc2Cl)n1. The van der Waals surface area contributed by atoms with Gasteiger partial charge in [0.05, 0.1) is 17.3 Å². The van der Waals surface area contributed by atoms with Gasteiger partial charge in [-0.05, 0) is 31.5 Å². The van der Waals surface area contributed by atoms with Gasteiger partial charge in [-0.25, -0.2) is 9.78 Å². The highest BCUT2D eigenvalue weighted by Crippen LogP contribution is 2.28. The lowest BCUT2D eigenvalue weighted by Gasteiger charge is -2.05. The van der Waals surface area contributed by atoms with E-state index < -0.39 is 5.97 Å². The van der Waals surface area contributed by atoms with Gasteiger partial charge in [0.1, 0.15) is 0 Å².